The Bertz CT molecular complexity index is 715. The number of hydrogen-bond donors (Lipinski definition) is 3. The molecule has 24 heavy (non-hydrogen) atoms. The third-order valence-electron chi connectivity index (χ3n) is 5.23. The Kier molecular flexibility index (Phi) is 4.33. The number of rotatable bonds is 2. The van der Waals surface area contributed by atoms with Crippen LogP contribution in [-0.4, -0.2) is 6.04 Å². The van der Waals surface area contributed by atoms with Gasteiger partial charge in [-0.2, -0.15) is 0 Å². The fraction of sp³-hybridized carbons (Fsp3) is 0.429. The van der Waals surface area contributed by atoms with E-state index in [4.69, 9.17) is 0 Å². The highest BCUT2D eigenvalue weighted by Crippen LogP contribution is 2.43. The average molecular weight is 321 g/mol. The van der Waals surface area contributed by atoms with Crippen molar-refractivity contribution in [2.24, 2.45) is 0 Å². The second-order valence-electron chi connectivity index (χ2n) is 7.21. The first-order valence-corrected chi connectivity index (χ1v) is 9.34. The molecule has 0 aromatic heterocycles. The summed E-state index contributed by atoms with van der Waals surface area (Å²) in [5, 5.41) is 11.0. The van der Waals surface area contributed by atoms with E-state index in [-0.39, 0.29) is 0 Å². The van der Waals surface area contributed by atoms with Gasteiger partial charge in [0, 0.05) is 6.04 Å². The fourth-order valence-electron chi connectivity index (χ4n) is 3.88. The van der Waals surface area contributed by atoms with Gasteiger partial charge < -0.3 is 16.0 Å². The van der Waals surface area contributed by atoms with Crippen LogP contribution in [0.5, 0.6) is 0 Å². The lowest BCUT2D eigenvalue weighted by atomic mass is 9.96. The van der Waals surface area contributed by atoms with Crippen molar-refractivity contribution >= 4 is 28.4 Å². The predicted molar refractivity (Wildman–Crippen MR) is 104 cm³/mol. The van der Waals surface area contributed by atoms with Crippen molar-refractivity contribution in [2.75, 3.05) is 16.0 Å². The lowest BCUT2D eigenvalue weighted by Crippen LogP contribution is -2.21. The van der Waals surface area contributed by atoms with Crippen molar-refractivity contribution in [1.82, 2.24) is 0 Å². The minimum absolute atomic E-state index is 0.595. The van der Waals surface area contributed by atoms with Crippen molar-refractivity contribution in [3.05, 3.63) is 42.0 Å². The van der Waals surface area contributed by atoms with E-state index in [1.807, 2.05) is 0 Å². The van der Waals surface area contributed by atoms with Crippen molar-refractivity contribution in [3.63, 3.8) is 0 Å². The summed E-state index contributed by atoms with van der Waals surface area (Å²) in [6.45, 7) is 2.13. The number of para-hydroxylation sites is 1. The molecular formula is C21H27N3. The van der Waals surface area contributed by atoms with Crippen LogP contribution < -0.4 is 16.0 Å². The Hall–Kier alpha value is -2.16. The molecule has 1 saturated carbocycles. The molecule has 1 aliphatic heterocycles. The van der Waals surface area contributed by atoms with E-state index in [1.165, 1.54) is 61.9 Å². The molecule has 2 aromatic rings. The van der Waals surface area contributed by atoms with E-state index in [0.29, 0.717) is 6.04 Å². The summed E-state index contributed by atoms with van der Waals surface area (Å²) < 4.78 is 0. The van der Waals surface area contributed by atoms with Crippen LogP contribution in [-0.2, 0) is 0 Å². The smallest absolute Gasteiger partial charge is 0.0859 e. The Labute approximate surface area is 144 Å². The molecule has 3 heteroatoms. The van der Waals surface area contributed by atoms with Gasteiger partial charge in [0.1, 0.15) is 0 Å². The van der Waals surface area contributed by atoms with E-state index in [0.717, 1.165) is 17.1 Å². The molecule has 1 aliphatic carbocycles. The maximum absolute atomic E-state index is 3.82. The van der Waals surface area contributed by atoms with E-state index in [2.05, 4.69) is 59.3 Å². The number of fused-ring (bicyclic) bond motifs is 2. The number of anilines is 5. The van der Waals surface area contributed by atoms with Gasteiger partial charge in [0.2, 0.25) is 0 Å². The predicted octanol–water partition coefficient (Wildman–Crippen LogP) is 6.32. The van der Waals surface area contributed by atoms with Crippen LogP contribution in [0.3, 0.4) is 0 Å². The van der Waals surface area contributed by atoms with Crippen LogP contribution in [0.25, 0.3) is 0 Å². The van der Waals surface area contributed by atoms with Gasteiger partial charge in [-0.1, -0.05) is 44.2 Å². The van der Waals surface area contributed by atoms with Crippen LogP contribution in [0.2, 0.25) is 0 Å². The zero-order chi connectivity index (χ0) is 16.4. The first-order chi connectivity index (χ1) is 11.8. The molecule has 1 heterocycles. The van der Waals surface area contributed by atoms with Crippen molar-refractivity contribution in [2.45, 2.75) is 57.9 Å². The van der Waals surface area contributed by atoms with Gasteiger partial charge in [0.25, 0.3) is 0 Å². The Balaban J connectivity index is 1.57. The zero-order valence-electron chi connectivity index (χ0n) is 14.5. The van der Waals surface area contributed by atoms with Crippen LogP contribution >= 0.6 is 0 Å². The summed E-state index contributed by atoms with van der Waals surface area (Å²) in [4.78, 5) is 0. The molecule has 2 aliphatic rings. The highest BCUT2D eigenvalue weighted by atomic mass is 15.1. The molecule has 0 spiro atoms. The zero-order valence-corrected chi connectivity index (χ0v) is 14.5. The molecule has 0 atom stereocenters. The largest absolute Gasteiger partial charge is 0.381 e. The van der Waals surface area contributed by atoms with Gasteiger partial charge in [-0.25, -0.2) is 0 Å². The lowest BCUT2D eigenvalue weighted by molar-refractivity contribution is 0.471. The summed E-state index contributed by atoms with van der Waals surface area (Å²) >= 11 is 0. The van der Waals surface area contributed by atoms with E-state index in [1.54, 1.807) is 0 Å². The minimum atomic E-state index is 0.595. The molecule has 0 saturated heterocycles. The van der Waals surface area contributed by atoms with Crippen molar-refractivity contribution in [3.8, 4) is 0 Å². The Morgan fingerprint density at radius 1 is 0.833 bits per heavy atom. The molecule has 3 nitrogen and oxygen atoms in total. The van der Waals surface area contributed by atoms with Gasteiger partial charge in [-0.05, 0) is 49.6 Å². The molecular weight excluding hydrogens is 294 g/mol. The molecule has 0 bridgehead atoms. The van der Waals surface area contributed by atoms with Gasteiger partial charge in [0.15, 0.2) is 0 Å². The summed E-state index contributed by atoms with van der Waals surface area (Å²) in [5.41, 5.74) is 7.14. The summed E-state index contributed by atoms with van der Waals surface area (Å²) in [6.07, 6.45) is 9.45. The topological polar surface area (TPSA) is 36.1 Å². The van der Waals surface area contributed by atoms with Crippen LogP contribution in [0, 0.1) is 6.92 Å². The molecule has 4 rings (SSSR count). The minimum Gasteiger partial charge on any atom is -0.381 e. The standard InChI is InChI=1S/C21H27N3/c1-15-12-13-17-20(14-15)23-19-11-7-10-18(21(19)24-17)22-16-8-5-3-2-4-6-9-16/h7,10-14,16,22-24H,2-6,8-9H2,1H3. The number of benzene rings is 2. The fourth-order valence-corrected chi connectivity index (χ4v) is 3.88. The summed E-state index contributed by atoms with van der Waals surface area (Å²) in [6, 6.07) is 13.6. The third kappa shape index (κ3) is 3.21. The molecule has 0 unspecified atom stereocenters. The molecule has 126 valence electrons. The summed E-state index contributed by atoms with van der Waals surface area (Å²) in [5.74, 6) is 0. The van der Waals surface area contributed by atoms with Crippen molar-refractivity contribution < 1.29 is 0 Å². The maximum Gasteiger partial charge on any atom is 0.0859 e. The normalized spacial score (nSPS) is 17.5. The second kappa shape index (κ2) is 6.76. The molecule has 1 fully saturated rings. The summed E-state index contributed by atoms with van der Waals surface area (Å²) in [7, 11) is 0. The number of hydrogen-bond acceptors (Lipinski definition) is 3. The van der Waals surface area contributed by atoms with Gasteiger partial charge in [-0.15, -0.1) is 0 Å². The van der Waals surface area contributed by atoms with Gasteiger partial charge in [0.05, 0.1) is 28.4 Å². The molecule has 0 radical (unpaired) electrons. The Morgan fingerprint density at radius 2 is 1.62 bits per heavy atom. The van der Waals surface area contributed by atoms with Crippen LogP contribution in [0.1, 0.15) is 50.5 Å². The average Bonchev–Trinajstić information content (AvgIpc) is 2.55. The third-order valence-corrected chi connectivity index (χ3v) is 5.23. The van der Waals surface area contributed by atoms with E-state index >= 15 is 0 Å². The molecule has 2 aromatic carbocycles. The molecule has 0 amide bonds. The van der Waals surface area contributed by atoms with Crippen LogP contribution in [0.15, 0.2) is 36.4 Å². The number of nitrogens with one attached hydrogen (secondary N) is 3. The number of aryl methyl sites for hydroxylation is 1. The maximum atomic E-state index is 3.82. The van der Waals surface area contributed by atoms with Crippen LogP contribution in [0.4, 0.5) is 28.4 Å². The quantitative estimate of drug-likeness (QED) is 0.517. The van der Waals surface area contributed by atoms with Gasteiger partial charge in [-0.3, -0.25) is 0 Å². The van der Waals surface area contributed by atoms with E-state index < -0.39 is 0 Å². The highest BCUT2D eigenvalue weighted by Gasteiger charge is 2.19. The lowest BCUT2D eigenvalue weighted by Gasteiger charge is -2.28. The second-order valence-corrected chi connectivity index (χ2v) is 7.21. The van der Waals surface area contributed by atoms with Crippen molar-refractivity contribution in [1.29, 1.82) is 0 Å². The van der Waals surface area contributed by atoms with Gasteiger partial charge >= 0.3 is 0 Å². The highest BCUT2D eigenvalue weighted by molar-refractivity contribution is 5.96. The van der Waals surface area contributed by atoms with E-state index in [9.17, 15) is 0 Å². The SMILES string of the molecule is Cc1ccc2c(c1)Nc1cccc(NC3CCCCCCC3)c1N2. The molecule has 3 N–H and O–H groups in total. The monoisotopic (exact) mass is 321 g/mol. The first kappa shape index (κ1) is 15.4. The first-order valence-electron chi connectivity index (χ1n) is 9.34. The Morgan fingerprint density at radius 3 is 2.46 bits per heavy atom.